The number of nitrogens with zero attached hydrogens (tertiary/aromatic N) is 1. The lowest BCUT2D eigenvalue weighted by Crippen LogP contribution is -2.42. The van der Waals surface area contributed by atoms with Gasteiger partial charge < -0.3 is 4.90 Å². The van der Waals surface area contributed by atoms with E-state index in [1.54, 1.807) is 0 Å². The number of hydrogen-bond donors (Lipinski definition) is 0. The zero-order valence-corrected chi connectivity index (χ0v) is 12.5. The van der Waals surface area contributed by atoms with E-state index < -0.39 is 0 Å². The van der Waals surface area contributed by atoms with Crippen LogP contribution in [0.4, 0.5) is 0 Å². The Morgan fingerprint density at radius 3 is 2.55 bits per heavy atom. The maximum absolute atomic E-state index is 12.8. The summed E-state index contributed by atoms with van der Waals surface area (Å²) in [6.07, 6.45) is 7.02. The van der Waals surface area contributed by atoms with E-state index in [0.29, 0.717) is 11.8 Å². The van der Waals surface area contributed by atoms with Gasteiger partial charge in [-0.3, -0.25) is 4.79 Å². The summed E-state index contributed by atoms with van der Waals surface area (Å²) in [5.41, 5.74) is 1.31. The first kappa shape index (κ1) is 13.7. The van der Waals surface area contributed by atoms with Crippen molar-refractivity contribution in [3.8, 4) is 0 Å². The van der Waals surface area contributed by atoms with Gasteiger partial charge in [0.05, 0.1) is 0 Å². The van der Waals surface area contributed by atoms with Crippen molar-refractivity contribution in [3.05, 3.63) is 35.9 Å². The predicted molar refractivity (Wildman–Crippen MR) is 81.6 cm³/mol. The molecule has 2 heteroatoms. The molecule has 2 aliphatic rings. The van der Waals surface area contributed by atoms with Crippen LogP contribution in [0, 0.1) is 5.41 Å². The first-order valence-electron chi connectivity index (χ1n) is 8.03. The van der Waals surface area contributed by atoms with Gasteiger partial charge in [0, 0.05) is 24.4 Å². The Hall–Kier alpha value is -1.31. The number of benzene rings is 1. The van der Waals surface area contributed by atoms with Crippen molar-refractivity contribution in [2.45, 2.75) is 51.4 Å². The van der Waals surface area contributed by atoms with Crippen LogP contribution in [0.1, 0.15) is 56.9 Å². The van der Waals surface area contributed by atoms with Gasteiger partial charge in [0.25, 0.3) is 0 Å². The molecule has 0 spiro atoms. The average Bonchev–Trinajstić information content (AvgIpc) is 2.98. The number of hydrogen-bond acceptors (Lipinski definition) is 1. The van der Waals surface area contributed by atoms with Crippen LogP contribution in [0.3, 0.4) is 0 Å². The van der Waals surface area contributed by atoms with Gasteiger partial charge in [-0.1, -0.05) is 56.5 Å². The maximum atomic E-state index is 12.8. The third kappa shape index (κ3) is 2.61. The molecular weight excluding hydrogens is 246 g/mol. The highest BCUT2D eigenvalue weighted by Crippen LogP contribution is 2.39. The summed E-state index contributed by atoms with van der Waals surface area (Å²) < 4.78 is 0. The highest BCUT2D eigenvalue weighted by molar-refractivity contribution is 5.82. The lowest BCUT2D eigenvalue weighted by molar-refractivity contribution is -0.142. The summed E-state index contributed by atoms with van der Waals surface area (Å²) in [4.78, 5) is 15.0. The molecule has 20 heavy (non-hydrogen) atoms. The molecule has 0 N–H and O–H groups in total. The van der Waals surface area contributed by atoms with Crippen molar-refractivity contribution in [2.75, 3.05) is 13.1 Å². The van der Waals surface area contributed by atoms with E-state index in [9.17, 15) is 4.79 Å². The minimum atomic E-state index is -0.0795. The smallest absolute Gasteiger partial charge is 0.228 e. The van der Waals surface area contributed by atoms with Gasteiger partial charge in [-0.2, -0.15) is 0 Å². The molecule has 2 nitrogen and oxygen atoms in total. The highest BCUT2D eigenvalue weighted by Gasteiger charge is 2.39. The molecule has 1 saturated heterocycles. The standard InChI is InChI=1S/C18H25NO/c1-18(11-6-3-7-12-18)17(20)19-13-10-16(14-19)15-8-4-2-5-9-15/h2,4-5,8-9,16H,3,6-7,10-14H2,1H3. The third-order valence-corrected chi connectivity index (χ3v) is 5.22. The molecule has 1 atom stereocenters. The molecule has 1 aromatic carbocycles. The zero-order valence-electron chi connectivity index (χ0n) is 12.5. The Morgan fingerprint density at radius 2 is 1.85 bits per heavy atom. The molecule has 1 aromatic rings. The monoisotopic (exact) mass is 271 g/mol. The molecule has 0 aromatic heterocycles. The minimum Gasteiger partial charge on any atom is -0.342 e. The fraction of sp³-hybridized carbons (Fsp3) is 0.611. The maximum Gasteiger partial charge on any atom is 0.228 e. The lowest BCUT2D eigenvalue weighted by Gasteiger charge is -2.35. The topological polar surface area (TPSA) is 20.3 Å². The van der Waals surface area contributed by atoms with Gasteiger partial charge in [0.1, 0.15) is 0 Å². The molecule has 0 radical (unpaired) electrons. The first-order valence-corrected chi connectivity index (χ1v) is 8.03. The summed E-state index contributed by atoms with van der Waals surface area (Å²) in [6, 6.07) is 10.6. The largest absolute Gasteiger partial charge is 0.342 e. The Balaban J connectivity index is 1.66. The first-order chi connectivity index (χ1) is 9.69. The summed E-state index contributed by atoms with van der Waals surface area (Å²) in [7, 11) is 0. The number of amides is 1. The second kappa shape index (κ2) is 5.59. The summed E-state index contributed by atoms with van der Waals surface area (Å²) in [5, 5.41) is 0. The van der Waals surface area contributed by atoms with E-state index in [2.05, 4.69) is 42.2 Å². The SMILES string of the molecule is CC1(C(=O)N2CCC(c3ccccc3)C2)CCCCC1. The number of carbonyl (C=O) groups excluding carboxylic acids is 1. The van der Waals surface area contributed by atoms with Crippen LogP contribution in [0.15, 0.2) is 30.3 Å². The van der Waals surface area contributed by atoms with E-state index >= 15 is 0 Å². The van der Waals surface area contributed by atoms with Gasteiger partial charge in [-0.15, -0.1) is 0 Å². The summed E-state index contributed by atoms with van der Waals surface area (Å²) in [5.74, 6) is 0.947. The molecule has 1 unspecified atom stereocenters. The van der Waals surface area contributed by atoms with Crippen LogP contribution >= 0.6 is 0 Å². The van der Waals surface area contributed by atoms with Crippen LogP contribution < -0.4 is 0 Å². The van der Waals surface area contributed by atoms with Crippen molar-refractivity contribution in [2.24, 2.45) is 5.41 Å². The van der Waals surface area contributed by atoms with Crippen LogP contribution in [-0.4, -0.2) is 23.9 Å². The van der Waals surface area contributed by atoms with Crippen molar-refractivity contribution in [1.29, 1.82) is 0 Å². The third-order valence-electron chi connectivity index (χ3n) is 5.22. The molecule has 1 saturated carbocycles. The lowest BCUT2D eigenvalue weighted by atomic mass is 9.74. The fourth-order valence-corrected chi connectivity index (χ4v) is 3.87. The van der Waals surface area contributed by atoms with Crippen LogP contribution in [0.2, 0.25) is 0 Å². The van der Waals surface area contributed by atoms with Crippen molar-refractivity contribution >= 4 is 5.91 Å². The average molecular weight is 271 g/mol. The van der Waals surface area contributed by atoms with E-state index in [0.717, 1.165) is 32.4 Å². The van der Waals surface area contributed by atoms with Crippen molar-refractivity contribution in [1.82, 2.24) is 4.90 Å². The molecule has 1 aliphatic heterocycles. The van der Waals surface area contributed by atoms with E-state index in [1.165, 1.54) is 24.8 Å². The number of carbonyl (C=O) groups is 1. The Bertz CT molecular complexity index is 462. The van der Waals surface area contributed by atoms with E-state index in [-0.39, 0.29) is 5.41 Å². The van der Waals surface area contributed by atoms with Gasteiger partial charge >= 0.3 is 0 Å². The Labute approximate surface area is 122 Å². The molecule has 1 aliphatic carbocycles. The van der Waals surface area contributed by atoms with Gasteiger partial charge in [0.15, 0.2) is 0 Å². The molecule has 2 fully saturated rings. The van der Waals surface area contributed by atoms with Crippen molar-refractivity contribution < 1.29 is 4.79 Å². The van der Waals surface area contributed by atoms with Crippen LogP contribution in [-0.2, 0) is 4.79 Å². The summed E-state index contributed by atoms with van der Waals surface area (Å²) in [6.45, 7) is 4.04. The van der Waals surface area contributed by atoms with Crippen LogP contribution in [0.5, 0.6) is 0 Å². The minimum absolute atomic E-state index is 0.0795. The molecule has 1 amide bonds. The number of rotatable bonds is 2. The molecule has 108 valence electrons. The quantitative estimate of drug-likeness (QED) is 0.797. The van der Waals surface area contributed by atoms with Gasteiger partial charge in [0.2, 0.25) is 5.91 Å². The number of likely N-dealkylation sites (tertiary alicyclic amines) is 1. The Morgan fingerprint density at radius 1 is 1.15 bits per heavy atom. The second-order valence-electron chi connectivity index (χ2n) is 6.77. The molecule has 0 bridgehead atoms. The van der Waals surface area contributed by atoms with Crippen molar-refractivity contribution in [3.63, 3.8) is 0 Å². The van der Waals surface area contributed by atoms with Gasteiger partial charge in [-0.05, 0) is 24.8 Å². The highest BCUT2D eigenvalue weighted by atomic mass is 16.2. The normalized spacial score (nSPS) is 25.6. The molecule has 3 rings (SSSR count). The fourth-order valence-electron chi connectivity index (χ4n) is 3.87. The van der Waals surface area contributed by atoms with Crippen LogP contribution in [0.25, 0.3) is 0 Å². The molecular formula is C18H25NO. The Kier molecular flexibility index (Phi) is 3.82. The van der Waals surface area contributed by atoms with Gasteiger partial charge in [-0.25, -0.2) is 0 Å². The van der Waals surface area contributed by atoms with E-state index in [1.807, 2.05) is 0 Å². The second-order valence-corrected chi connectivity index (χ2v) is 6.77. The predicted octanol–water partition coefficient (Wildman–Crippen LogP) is 3.97. The van der Waals surface area contributed by atoms with E-state index in [4.69, 9.17) is 0 Å². The zero-order chi connectivity index (χ0) is 14.0. The summed E-state index contributed by atoms with van der Waals surface area (Å²) >= 11 is 0. The molecule has 1 heterocycles.